The van der Waals surface area contributed by atoms with Crippen LogP contribution in [0.1, 0.15) is 35.6 Å². The summed E-state index contributed by atoms with van der Waals surface area (Å²) in [4.78, 5) is 12.0. The summed E-state index contributed by atoms with van der Waals surface area (Å²) in [6.07, 6.45) is 0. The molecule has 0 atom stereocenters. The van der Waals surface area contributed by atoms with E-state index in [1.54, 1.807) is 0 Å². The van der Waals surface area contributed by atoms with Crippen molar-refractivity contribution in [1.82, 2.24) is 15.2 Å². The smallest absolute Gasteiger partial charge is 0.253 e. The summed E-state index contributed by atoms with van der Waals surface area (Å²) in [6.45, 7) is 11.5. The molecule has 4 heteroatoms. The first-order valence-electron chi connectivity index (χ1n) is 6.27. The van der Waals surface area contributed by atoms with E-state index in [9.17, 15) is 4.79 Å². The van der Waals surface area contributed by atoms with Gasteiger partial charge in [-0.05, 0) is 33.4 Å². The number of likely N-dealkylation sites (N-methyl/N-ethyl adjacent to an activating group) is 1. The van der Waals surface area contributed by atoms with Crippen molar-refractivity contribution in [3.63, 3.8) is 0 Å². The van der Waals surface area contributed by atoms with Gasteiger partial charge >= 0.3 is 0 Å². The Morgan fingerprint density at radius 3 is 2.53 bits per heavy atom. The van der Waals surface area contributed by atoms with Gasteiger partial charge in [0.2, 0.25) is 0 Å². The SMILES string of the molecule is CCNCCNC(=O)c1cc(C)n(CC)c1C. The molecule has 0 radical (unpaired) electrons. The summed E-state index contributed by atoms with van der Waals surface area (Å²) in [5.41, 5.74) is 2.98. The van der Waals surface area contributed by atoms with Crippen molar-refractivity contribution in [3.8, 4) is 0 Å². The Hall–Kier alpha value is -1.29. The number of nitrogens with zero attached hydrogens (tertiary/aromatic N) is 1. The standard InChI is InChI=1S/C13H23N3O/c1-5-14-7-8-15-13(17)12-9-10(3)16(6-2)11(12)4/h9,14H,5-8H2,1-4H3,(H,15,17). The minimum absolute atomic E-state index is 0.0238. The molecule has 1 aromatic heterocycles. The van der Waals surface area contributed by atoms with Gasteiger partial charge in [0, 0.05) is 31.0 Å². The lowest BCUT2D eigenvalue weighted by Crippen LogP contribution is -2.31. The highest BCUT2D eigenvalue weighted by atomic mass is 16.1. The van der Waals surface area contributed by atoms with Crippen LogP contribution in [-0.2, 0) is 6.54 Å². The Kier molecular flexibility index (Phi) is 5.22. The maximum Gasteiger partial charge on any atom is 0.253 e. The summed E-state index contributed by atoms with van der Waals surface area (Å²) >= 11 is 0. The lowest BCUT2D eigenvalue weighted by atomic mass is 10.2. The Morgan fingerprint density at radius 2 is 2.00 bits per heavy atom. The highest BCUT2D eigenvalue weighted by molar-refractivity contribution is 5.95. The maximum atomic E-state index is 12.0. The van der Waals surface area contributed by atoms with Crippen LogP contribution in [-0.4, -0.2) is 30.1 Å². The van der Waals surface area contributed by atoms with Crippen LogP contribution in [0.25, 0.3) is 0 Å². The predicted molar refractivity (Wildman–Crippen MR) is 70.5 cm³/mol. The molecule has 1 heterocycles. The van der Waals surface area contributed by atoms with E-state index in [1.807, 2.05) is 19.9 Å². The Morgan fingerprint density at radius 1 is 1.29 bits per heavy atom. The van der Waals surface area contributed by atoms with Crippen LogP contribution in [0, 0.1) is 13.8 Å². The van der Waals surface area contributed by atoms with E-state index in [0.29, 0.717) is 6.54 Å². The van der Waals surface area contributed by atoms with Gasteiger partial charge in [0.05, 0.1) is 5.56 Å². The Labute approximate surface area is 103 Å². The largest absolute Gasteiger partial charge is 0.351 e. The van der Waals surface area contributed by atoms with Crippen molar-refractivity contribution in [3.05, 3.63) is 23.0 Å². The van der Waals surface area contributed by atoms with Gasteiger partial charge in [0.15, 0.2) is 0 Å². The monoisotopic (exact) mass is 237 g/mol. The minimum Gasteiger partial charge on any atom is -0.351 e. The van der Waals surface area contributed by atoms with Gasteiger partial charge in [-0.25, -0.2) is 0 Å². The lowest BCUT2D eigenvalue weighted by molar-refractivity contribution is 0.0953. The molecule has 1 rings (SSSR count). The third-order valence-corrected chi connectivity index (χ3v) is 2.97. The average Bonchev–Trinajstić information content (AvgIpc) is 2.60. The summed E-state index contributed by atoms with van der Waals surface area (Å²) in [5, 5.41) is 6.10. The van der Waals surface area contributed by atoms with E-state index in [1.165, 1.54) is 0 Å². The van der Waals surface area contributed by atoms with Crippen molar-refractivity contribution in [2.24, 2.45) is 0 Å². The molecule has 96 valence electrons. The molecule has 1 amide bonds. The van der Waals surface area contributed by atoms with Gasteiger partial charge in [-0.2, -0.15) is 0 Å². The van der Waals surface area contributed by atoms with Gasteiger partial charge < -0.3 is 15.2 Å². The van der Waals surface area contributed by atoms with E-state index in [2.05, 4.69) is 29.0 Å². The highest BCUT2D eigenvalue weighted by Gasteiger charge is 2.13. The molecular weight excluding hydrogens is 214 g/mol. The molecule has 0 saturated carbocycles. The van der Waals surface area contributed by atoms with E-state index in [0.717, 1.165) is 36.6 Å². The maximum absolute atomic E-state index is 12.0. The first-order valence-corrected chi connectivity index (χ1v) is 6.27. The van der Waals surface area contributed by atoms with E-state index in [-0.39, 0.29) is 5.91 Å². The second-order valence-corrected chi connectivity index (χ2v) is 4.14. The fourth-order valence-corrected chi connectivity index (χ4v) is 2.05. The molecule has 0 aromatic carbocycles. The normalized spacial score (nSPS) is 10.6. The topological polar surface area (TPSA) is 46.1 Å². The van der Waals surface area contributed by atoms with Crippen LogP contribution in [0.2, 0.25) is 0 Å². The molecule has 0 bridgehead atoms. The van der Waals surface area contributed by atoms with Crippen molar-refractivity contribution in [1.29, 1.82) is 0 Å². The number of carbonyl (C=O) groups excluding carboxylic acids is 1. The molecule has 17 heavy (non-hydrogen) atoms. The number of aromatic nitrogens is 1. The van der Waals surface area contributed by atoms with Gasteiger partial charge in [-0.1, -0.05) is 6.92 Å². The van der Waals surface area contributed by atoms with Gasteiger partial charge in [0.25, 0.3) is 5.91 Å². The Bertz CT molecular complexity index is 382. The zero-order chi connectivity index (χ0) is 12.8. The van der Waals surface area contributed by atoms with Crippen molar-refractivity contribution in [2.45, 2.75) is 34.2 Å². The fourth-order valence-electron chi connectivity index (χ4n) is 2.05. The summed E-state index contributed by atoms with van der Waals surface area (Å²) in [6, 6.07) is 1.96. The minimum atomic E-state index is 0.0238. The summed E-state index contributed by atoms with van der Waals surface area (Å²) in [5.74, 6) is 0.0238. The summed E-state index contributed by atoms with van der Waals surface area (Å²) < 4.78 is 2.15. The number of rotatable bonds is 6. The van der Waals surface area contributed by atoms with Gasteiger partial charge in [0.1, 0.15) is 0 Å². The van der Waals surface area contributed by atoms with Crippen LogP contribution < -0.4 is 10.6 Å². The van der Waals surface area contributed by atoms with E-state index in [4.69, 9.17) is 0 Å². The molecule has 0 saturated heterocycles. The molecular formula is C13H23N3O. The predicted octanol–water partition coefficient (Wildman–Crippen LogP) is 1.46. The lowest BCUT2D eigenvalue weighted by Gasteiger charge is -2.07. The van der Waals surface area contributed by atoms with Crippen LogP contribution in [0.3, 0.4) is 0 Å². The quantitative estimate of drug-likeness (QED) is 0.736. The molecule has 0 unspecified atom stereocenters. The zero-order valence-electron chi connectivity index (χ0n) is 11.3. The number of hydrogen-bond donors (Lipinski definition) is 2. The molecule has 4 nitrogen and oxygen atoms in total. The van der Waals surface area contributed by atoms with Crippen LogP contribution in [0.4, 0.5) is 0 Å². The van der Waals surface area contributed by atoms with Gasteiger partial charge in [-0.15, -0.1) is 0 Å². The molecule has 0 spiro atoms. The number of nitrogens with one attached hydrogen (secondary N) is 2. The first-order chi connectivity index (χ1) is 8.11. The highest BCUT2D eigenvalue weighted by Crippen LogP contribution is 2.14. The van der Waals surface area contributed by atoms with E-state index >= 15 is 0 Å². The first kappa shape index (κ1) is 13.8. The molecule has 0 aliphatic heterocycles. The summed E-state index contributed by atoms with van der Waals surface area (Å²) in [7, 11) is 0. The van der Waals surface area contributed by atoms with E-state index < -0.39 is 0 Å². The third-order valence-electron chi connectivity index (χ3n) is 2.97. The number of hydrogen-bond acceptors (Lipinski definition) is 2. The average molecular weight is 237 g/mol. The second kappa shape index (κ2) is 6.45. The molecule has 0 aliphatic carbocycles. The second-order valence-electron chi connectivity index (χ2n) is 4.14. The third kappa shape index (κ3) is 3.33. The molecule has 0 aliphatic rings. The molecule has 2 N–H and O–H groups in total. The molecule has 0 fully saturated rings. The van der Waals surface area contributed by atoms with Crippen LogP contribution >= 0.6 is 0 Å². The number of amides is 1. The van der Waals surface area contributed by atoms with Crippen LogP contribution in [0.5, 0.6) is 0 Å². The van der Waals surface area contributed by atoms with Crippen LogP contribution in [0.15, 0.2) is 6.07 Å². The number of carbonyl (C=O) groups is 1. The van der Waals surface area contributed by atoms with Crippen molar-refractivity contribution in [2.75, 3.05) is 19.6 Å². The fraction of sp³-hybridized carbons (Fsp3) is 0.615. The molecule has 1 aromatic rings. The number of aryl methyl sites for hydroxylation is 1. The van der Waals surface area contributed by atoms with Crippen molar-refractivity contribution >= 4 is 5.91 Å². The Balaban J connectivity index is 2.63. The van der Waals surface area contributed by atoms with Crippen molar-refractivity contribution < 1.29 is 4.79 Å². The van der Waals surface area contributed by atoms with Gasteiger partial charge in [-0.3, -0.25) is 4.79 Å². The zero-order valence-corrected chi connectivity index (χ0v) is 11.3.